The summed E-state index contributed by atoms with van der Waals surface area (Å²) in [6, 6.07) is 8.26. The van der Waals surface area contributed by atoms with Crippen LogP contribution < -0.4 is 5.56 Å². The third kappa shape index (κ3) is 2.57. The van der Waals surface area contributed by atoms with Gasteiger partial charge in [-0.25, -0.2) is 9.78 Å². The molecule has 1 aliphatic heterocycles. The molecule has 6 nitrogen and oxygen atoms in total. The Morgan fingerprint density at radius 2 is 1.96 bits per heavy atom. The third-order valence-electron chi connectivity index (χ3n) is 4.09. The first-order valence-electron chi connectivity index (χ1n) is 7.70. The maximum absolute atomic E-state index is 13.0. The van der Waals surface area contributed by atoms with E-state index in [1.54, 1.807) is 25.1 Å². The van der Waals surface area contributed by atoms with Crippen molar-refractivity contribution in [2.45, 2.75) is 6.92 Å². The highest BCUT2D eigenvalue weighted by atomic mass is 127. The van der Waals surface area contributed by atoms with Gasteiger partial charge in [-0.1, -0.05) is 0 Å². The first kappa shape index (κ1) is 17.6. The van der Waals surface area contributed by atoms with E-state index < -0.39 is 5.97 Å². The lowest BCUT2D eigenvalue weighted by molar-refractivity contribution is 0.0526. The minimum Gasteiger partial charge on any atom is -0.462 e. The van der Waals surface area contributed by atoms with E-state index in [0.717, 1.165) is 7.14 Å². The van der Waals surface area contributed by atoms with Crippen LogP contribution in [0.2, 0.25) is 0 Å². The number of hydrogen-bond donors (Lipinski definition) is 0. The Morgan fingerprint density at radius 3 is 2.69 bits per heavy atom. The third-order valence-corrected chi connectivity index (χ3v) is 5.53. The van der Waals surface area contributed by atoms with Gasteiger partial charge in [0.1, 0.15) is 0 Å². The maximum atomic E-state index is 13.0. The molecule has 0 saturated heterocycles. The summed E-state index contributed by atoms with van der Waals surface area (Å²) in [5, 5.41) is 0.458. The Kier molecular flexibility index (Phi) is 4.34. The largest absolute Gasteiger partial charge is 0.462 e. The highest BCUT2D eigenvalue weighted by molar-refractivity contribution is 14.1. The normalized spacial score (nSPS) is 12.2. The van der Waals surface area contributed by atoms with Crippen molar-refractivity contribution in [2.75, 3.05) is 6.61 Å². The van der Waals surface area contributed by atoms with Crippen LogP contribution in [0, 0.1) is 7.14 Å². The lowest BCUT2D eigenvalue weighted by atomic mass is 10.1. The zero-order valence-electron chi connectivity index (χ0n) is 13.4. The second kappa shape index (κ2) is 6.41. The second-order valence-corrected chi connectivity index (χ2v) is 8.05. The van der Waals surface area contributed by atoms with Crippen LogP contribution in [-0.2, 0) is 4.74 Å². The van der Waals surface area contributed by atoms with Crippen molar-refractivity contribution in [3.05, 3.63) is 64.8 Å². The molecule has 0 spiro atoms. The SMILES string of the molecule is CCOC(=O)c1ccc2c(c1)C(=O)c1nc3c(I)cc(I)cc3c(=O)n1-2. The molecule has 2 aromatic carbocycles. The van der Waals surface area contributed by atoms with Gasteiger partial charge in [-0.2, -0.15) is 0 Å². The highest BCUT2D eigenvalue weighted by Crippen LogP contribution is 2.29. The monoisotopic (exact) mass is 572 g/mol. The number of nitrogens with zero attached hydrogens (tertiary/aromatic N) is 2. The predicted molar refractivity (Wildman–Crippen MR) is 112 cm³/mol. The minimum atomic E-state index is -0.506. The van der Waals surface area contributed by atoms with Gasteiger partial charge in [0, 0.05) is 7.14 Å². The molecule has 0 aliphatic carbocycles. The number of fused-ring (bicyclic) bond motifs is 4. The summed E-state index contributed by atoms with van der Waals surface area (Å²) >= 11 is 4.25. The van der Waals surface area contributed by atoms with Crippen molar-refractivity contribution < 1.29 is 14.3 Å². The first-order chi connectivity index (χ1) is 12.4. The summed E-state index contributed by atoms with van der Waals surface area (Å²) in [7, 11) is 0. The average Bonchev–Trinajstić information content (AvgIpc) is 2.89. The number of carbonyl (C=O) groups excluding carboxylic acids is 2. The van der Waals surface area contributed by atoms with Gasteiger partial charge < -0.3 is 4.74 Å². The lowest BCUT2D eigenvalue weighted by Gasteiger charge is -2.07. The van der Waals surface area contributed by atoms with E-state index in [1.165, 1.54) is 10.6 Å². The van der Waals surface area contributed by atoms with E-state index in [-0.39, 0.29) is 34.9 Å². The summed E-state index contributed by atoms with van der Waals surface area (Å²) in [5.74, 6) is -0.814. The smallest absolute Gasteiger partial charge is 0.338 e. The molecule has 0 N–H and O–H groups in total. The molecule has 1 aromatic heterocycles. The molecule has 0 saturated carbocycles. The van der Waals surface area contributed by atoms with E-state index in [0.29, 0.717) is 16.6 Å². The number of aromatic nitrogens is 2. The van der Waals surface area contributed by atoms with E-state index in [4.69, 9.17) is 4.74 Å². The van der Waals surface area contributed by atoms with Crippen molar-refractivity contribution >= 4 is 67.8 Å². The van der Waals surface area contributed by atoms with E-state index >= 15 is 0 Å². The van der Waals surface area contributed by atoms with Crippen LogP contribution in [0.3, 0.4) is 0 Å². The van der Waals surface area contributed by atoms with Crippen LogP contribution in [0.5, 0.6) is 0 Å². The molecule has 1 aliphatic rings. The van der Waals surface area contributed by atoms with Gasteiger partial charge in [-0.3, -0.25) is 14.2 Å². The summed E-state index contributed by atoms with van der Waals surface area (Å²) < 4.78 is 8.02. The number of ether oxygens (including phenoxy) is 1. The molecule has 26 heavy (non-hydrogen) atoms. The lowest BCUT2D eigenvalue weighted by Crippen LogP contribution is -2.22. The van der Waals surface area contributed by atoms with Crippen LogP contribution in [-0.4, -0.2) is 27.9 Å². The Balaban J connectivity index is 1.99. The number of carbonyl (C=O) groups is 2. The molecule has 3 aromatic rings. The average molecular weight is 572 g/mol. The number of ketones is 1. The Morgan fingerprint density at radius 1 is 1.19 bits per heavy atom. The van der Waals surface area contributed by atoms with Gasteiger partial charge in [0.2, 0.25) is 5.78 Å². The number of benzene rings is 2. The van der Waals surface area contributed by atoms with Gasteiger partial charge in [0.05, 0.1) is 34.3 Å². The second-order valence-electron chi connectivity index (χ2n) is 5.64. The zero-order valence-corrected chi connectivity index (χ0v) is 17.7. The highest BCUT2D eigenvalue weighted by Gasteiger charge is 2.31. The van der Waals surface area contributed by atoms with Gasteiger partial charge in [-0.15, -0.1) is 0 Å². The van der Waals surface area contributed by atoms with Crippen LogP contribution >= 0.6 is 45.2 Å². The molecule has 0 bridgehead atoms. The fourth-order valence-corrected chi connectivity index (χ4v) is 4.93. The molecule has 8 heteroatoms. The van der Waals surface area contributed by atoms with E-state index in [1.807, 2.05) is 6.07 Å². The Hall–Kier alpha value is -1.82. The van der Waals surface area contributed by atoms with Crippen molar-refractivity contribution in [1.82, 2.24) is 9.55 Å². The standard InChI is InChI=1S/C18H10I2N2O4/c1-2-26-18(25)8-3-4-13-10(5-8)15(23)16-21-14-11(17(24)22(13)16)6-9(19)7-12(14)20/h3-7H,2H2,1H3. The summed E-state index contributed by atoms with van der Waals surface area (Å²) in [6.07, 6.45) is 0. The molecule has 130 valence electrons. The van der Waals surface area contributed by atoms with Crippen LogP contribution in [0.15, 0.2) is 35.1 Å². The number of hydrogen-bond acceptors (Lipinski definition) is 5. The Labute approximate surface area is 174 Å². The minimum absolute atomic E-state index is 0.0673. The Bertz CT molecular complexity index is 1180. The molecule has 0 unspecified atom stereocenters. The van der Waals surface area contributed by atoms with Gasteiger partial charge in [-0.05, 0) is 82.4 Å². The fourth-order valence-electron chi connectivity index (χ4n) is 2.97. The van der Waals surface area contributed by atoms with Crippen molar-refractivity contribution in [3.63, 3.8) is 0 Å². The number of esters is 1. The quantitative estimate of drug-likeness (QED) is 0.272. The van der Waals surface area contributed by atoms with E-state index in [9.17, 15) is 14.4 Å². The first-order valence-corrected chi connectivity index (χ1v) is 9.86. The summed E-state index contributed by atoms with van der Waals surface area (Å²) in [6.45, 7) is 1.96. The molecular formula is C18H10I2N2O4. The molecule has 0 fully saturated rings. The molecular weight excluding hydrogens is 562 g/mol. The van der Waals surface area contributed by atoms with Crippen molar-refractivity contribution in [3.8, 4) is 5.69 Å². The molecule has 0 atom stereocenters. The topological polar surface area (TPSA) is 78.3 Å². The fraction of sp³-hybridized carbons (Fsp3) is 0.111. The van der Waals surface area contributed by atoms with Gasteiger partial charge >= 0.3 is 5.97 Å². The summed E-state index contributed by atoms with van der Waals surface area (Å²) in [5.41, 5.74) is 1.20. The van der Waals surface area contributed by atoms with Gasteiger partial charge in [0.25, 0.3) is 5.56 Å². The molecule has 2 heterocycles. The molecule has 0 amide bonds. The van der Waals surface area contributed by atoms with Crippen LogP contribution in [0.25, 0.3) is 16.6 Å². The summed E-state index contributed by atoms with van der Waals surface area (Å²) in [4.78, 5) is 42.2. The van der Waals surface area contributed by atoms with Crippen LogP contribution in [0.1, 0.15) is 33.5 Å². The van der Waals surface area contributed by atoms with Crippen LogP contribution in [0.4, 0.5) is 0 Å². The number of halogens is 2. The maximum Gasteiger partial charge on any atom is 0.338 e. The molecule has 0 radical (unpaired) electrons. The molecule has 4 rings (SSSR count). The van der Waals surface area contributed by atoms with Crippen molar-refractivity contribution in [2.24, 2.45) is 0 Å². The van der Waals surface area contributed by atoms with Crippen molar-refractivity contribution in [1.29, 1.82) is 0 Å². The number of rotatable bonds is 2. The van der Waals surface area contributed by atoms with E-state index in [2.05, 4.69) is 50.2 Å². The van der Waals surface area contributed by atoms with Gasteiger partial charge in [0.15, 0.2) is 5.82 Å². The predicted octanol–water partition coefficient (Wildman–Crippen LogP) is 3.32. The zero-order chi connectivity index (χ0) is 18.6.